The minimum Gasteiger partial charge on any atom is -0.452 e. The molecule has 1 aliphatic rings. The lowest BCUT2D eigenvalue weighted by Crippen LogP contribution is -2.38. The zero-order valence-corrected chi connectivity index (χ0v) is 16.8. The average Bonchev–Trinajstić information content (AvgIpc) is 2.69. The second-order valence-electron chi connectivity index (χ2n) is 6.15. The Balaban J connectivity index is 1.53. The summed E-state index contributed by atoms with van der Waals surface area (Å²) in [5.41, 5.74) is 1.24. The van der Waals surface area contributed by atoms with Crippen molar-refractivity contribution in [2.45, 2.75) is 24.3 Å². The number of hydrogen-bond donors (Lipinski definition) is 1. The van der Waals surface area contributed by atoms with Crippen molar-refractivity contribution in [2.75, 3.05) is 22.5 Å². The fourth-order valence-electron chi connectivity index (χ4n) is 2.71. The number of carbonyl (C=O) groups is 3. The Morgan fingerprint density at radius 1 is 1.21 bits per heavy atom. The van der Waals surface area contributed by atoms with Gasteiger partial charge in [0, 0.05) is 11.4 Å². The number of ether oxygens (including phenoxy) is 1. The molecular weight excluding hydrogens is 400 g/mol. The lowest BCUT2D eigenvalue weighted by atomic mass is 10.2. The fraction of sp³-hybridized carbons (Fsp3) is 0.250. The third-order valence-electron chi connectivity index (χ3n) is 4.16. The molecule has 0 spiro atoms. The van der Waals surface area contributed by atoms with Crippen LogP contribution in [-0.2, 0) is 19.1 Å². The van der Waals surface area contributed by atoms with Crippen molar-refractivity contribution < 1.29 is 19.1 Å². The molecule has 2 aromatic rings. The molecule has 8 heteroatoms. The van der Waals surface area contributed by atoms with Crippen LogP contribution in [0.1, 0.15) is 13.3 Å². The highest BCUT2D eigenvalue weighted by Crippen LogP contribution is 2.34. The lowest BCUT2D eigenvalue weighted by molar-refractivity contribution is -0.152. The summed E-state index contributed by atoms with van der Waals surface area (Å²) in [6.45, 7) is 1.69. The van der Waals surface area contributed by atoms with E-state index in [0.29, 0.717) is 16.5 Å². The van der Waals surface area contributed by atoms with E-state index in [1.54, 1.807) is 29.2 Å². The Hall–Kier alpha value is -2.51. The first-order valence-electron chi connectivity index (χ1n) is 8.73. The monoisotopic (exact) mass is 418 g/mol. The summed E-state index contributed by atoms with van der Waals surface area (Å²) in [6, 6.07) is 14.4. The number of esters is 1. The molecule has 0 radical (unpaired) electrons. The van der Waals surface area contributed by atoms with Gasteiger partial charge in [-0.15, -0.1) is 11.8 Å². The summed E-state index contributed by atoms with van der Waals surface area (Å²) in [7, 11) is 0. The Morgan fingerprint density at radius 3 is 2.71 bits per heavy atom. The van der Waals surface area contributed by atoms with E-state index in [1.807, 2.05) is 24.3 Å². The van der Waals surface area contributed by atoms with Gasteiger partial charge >= 0.3 is 5.97 Å². The highest BCUT2D eigenvalue weighted by Gasteiger charge is 2.26. The van der Waals surface area contributed by atoms with Gasteiger partial charge in [-0.1, -0.05) is 35.9 Å². The molecule has 2 aromatic carbocycles. The van der Waals surface area contributed by atoms with Gasteiger partial charge in [0.05, 0.1) is 28.6 Å². The van der Waals surface area contributed by atoms with Crippen LogP contribution in [-0.4, -0.2) is 36.2 Å². The van der Waals surface area contributed by atoms with Crippen LogP contribution in [0.2, 0.25) is 5.02 Å². The number of para-hydroxylation sites is 2. The van der Waals surface area contributed by atoms with Gasteiger partial charge < -0.3 is 15.0 Å². The standard InChI is InChI=1S/C20H19ClN2O4S/c1-13(20(26)22-15-7-3-2-6-14(15)21)27-19(25)10-11-23-16-8-4-5-9-17(16)28-12-18(23)24/h2-9,13H,10-12H2,1H3,(H,22,26)/t13-/m1/s1. The van der Waals surface area contributed by atoms with Crippen LogP contribution in [0.5, 0.6) is 0 Å². The van der Waals surface area contributed by atoms with Crippen molar-refractivity contribution in [2.24, 2.45) is 0 Å². The van der Waals surface area contributed by atoms with Gasteiger partial charge in [0.1, 0.15) is 0 Å². The topological polar surface area (TPSA) is 75.7 Å². The number of anilines is 2. The van der Waals surface area contributed by atoms with Crippen LogP contribution in [0.3, 0.4) is 0 Å². The maximum Gasteiger partial charge on any atom is 0.308 e. The van der Waals surface area contributed by atoms with E-state index in [-0.39, 0.29) is 18.9 Å². The number of rotatable bonds is 6. The van der Waals surface area contributed by atoms with Crippen molar-refractivity contribution >= 4 is 52.5 Å². The third kappa shape index (κ3) is 4.85. The minimum absolute atomic E-state index is 0.00550. The largest absolute Gasteiger partial charge is 0.452 e. The van der Waals surface area contributed by atoms with E-state index in [2.05, 4.69) is 5.32 Å². The summed E-state index contributed by atoms with van der Waals surface area (Å²) in [6.07, 6.45) is -0.988. The summed E-state index contributed by atoms with van der Waals surface area (Å²) < 4.78 is 5.20. The molecule has 2 amide bonds. The number of hydrogen-bond acceptors (Lipinski definition) is 5. The summed E-state index contributed by atoms with van der Waals surface area (Å²) in [4.78, 5) is 39.2. The summed E-state index contributed by atoms with van der Waals surface area (Å²) >= 11 is 7.49. The van der Waals surface area contributed by atoms with Crippen molar-refractivity contribution in [1.29, 1.82) is 0 Å². The molecule has 1 N–H and O–H groups in total. The van der Waals surface area contributed by atoms with Gasteiger partial charge in [-0.25, -0.2) is 0 Å². The van der Waals surface area contributed by atoms with Crippen LogP contribution in [0.25, 0.3) is 0 Å². The Kier molecular flexibility index (Phi) is 6.59. The molecule has 6 nitrogen and oxygen atoms in total. The molecule has 0 unspecified atom stereocenters. The van der Waals surface area contributed by atoms with Gasteiger partial charge in [-0.05, 0) is 31.2 Å². The predicted octanol–water partition coefficient (Wildman–Crippen LogP) is 3.74. The maximum absolute atomic E-state index is 12.2. The zero-order valence-electron chi connectivity index (χ0n) is 15.2. The van der Waals surface area contributed by atoms with Crippen molar-refractivity contribution in [3.63, 3.8) is 0 Å². The molecular formula is C20H19ClN2O4S. The summed E-state index contributed by atoms with van der Waals surface area (Å²) in [5.74, 6) is -0.744. The second-order valence-corrected chi connectivity index (χ2v) is 7.58. The van der Waals surface area contributed by atoms with Crippen LogP contribution >= 0.6 is 23.4 Å². The van der Waals surface area contributed by atoms with E-state index in [4.69, 9.17) is 16.3 Å². The van der Waals surface area contributed by atoms with E-state index >= 15 is 0 Å². The van der Waals surface area contributed by atoms with Gasteiger partial charge in [0.15, 0.2) is 6.10 Å². The van der Waals surface area contributed by atoms with Crippen molar-refractivity contribution in [3.8, 4) is 0 Å². The number of thioether (sulfide) groups is 1. The highest BCUT2D eigenvalue weighted by atomic mass is 35.5. The number of halogens is 1. The number of nitrogens with zero attached hydrogens (tertiary/aromatic N) is 1. The Morgan fingerprint density at radius 2 is 1.93 bits per heavy atom. The van der Waals surface area contributed by atoms with Gasteiger partial charge in [0.25, 0.3) is 5.91 Å². The molecule has 1 aliphatic heterocycles. The molecule has 0 bridgehead atoms. The Bertz CT molecular complexity index is 905. The first-order valence-corrected chi connectivity index (χ1v) is 10.1. The molecule has 3 rings (SSSR count). The molecule has 146 valence electrons. The van der Waals surface area contributed by atoms with Crippen molar-refractivity contribution in [1.82, 2.24) is 0 Å². The fourth-order valence-corrected chi connectivity index (χ4v) is 3.83. The van der Waals surface area contributed by atoms with Crippen LogP contribution in [0.15, 0.2) is 53.4 Å². The average molecular weight is 419 g/mol. The normalized spacial score (nSPS) is 14.2. The van der Waals surface area contributed by atoms with Crippen LogP contribution in [0, 0.1) is 0 Å². The van der Waals surface area contributed by atoms with Crippen LogP contribution < -0.4 is 10.2 Å². The second kappa shape index (κ2) is 9.12. The molecule has 0 aliphatic carbocycles. The predicted molar refractivity (Wildman–Crippen MR) is 110 cm³/mol. The van der Waals surface area contributed by atoms with Gasteiger partial charge in [-0.2, -0.15) is 0 Å². The number of nitrogens with one attached hydrogen (secondary N) is 1. The molecule has 0 aromatic heterocycles. The van der Waals surface area contributed by atoms with E-state index in [9.17, 15) is 14.4 Å². The van der Waals surface area contributed by atoms with Crippen LogP contribution in [0.4, 0.5) is 11.4 Å². The first-order chi connectivity index (χ1) is 13.5. The quantitative estimate of drug-likeness (QED) is 0.723. The van der Waals surface area contributed by atoms with E-state index in [0.717, 1.165) is 10.6 Å². The highest BCUT2D eigenvalue weighted by molar-refractivity contribution is 8.00. The molecule has 0 saturated heterocycles. The third-order valence-corrected chi connectivity index (χ3v) is 5.53. The maximum atomic E-state index is 12.2. The lowest BCUT2D eigenvalue weighted by Gasteiger charge is -2.28. The first kappa shape index (κ1) is 20.2. The zero-order chi connectivity index (χ0) is 20.1. The molecule has 28 heavy (non-hydrogen) atoms. The van der Waals surface area contributed by atoms with E-state index in [1.165, 1.54) is 18.7 Å². The number of amides is 2. The number of benzene rings is 2. The van der Waals surface area contributed by atoms with Crippen molar-refractivity contribution in [3.05, 3.63) is 53.6 Å². The SMILES string of the molecule is C[C@@H](OC(=O)CCN1C(=O)CSc2ccccc21)C(=O)Nc1ccccc1Cl. The number of carbonyl (C=O) groups excluding carboxylic acids is 3. The number of fused-ring (bicyclic) bond motifs is 1. The smallest absolute Gasteiger partial charge is 0.308 e. The van der Waals surface area contributed by atoms with E-state index < -0.39 is 18.0 Å². The molecule has 0 saturated carbocycles. The molecule has 1 atom stereocenters. The molecule has 0 fully saturated rings. The Labute approximate surface area is 172 Å². The summed E-state index contributed by atoms with van der Waals surface area (Å²) in [5, 5.41) is 3.02. The van der Waals surface area contributed by atoms with Gasteiger partial charge in [0.2, 0.25) is 5.91 Å². The van der Waals surface area contributed by atoms with Gasteiger partial charge in [-0.3, -0.25) is 14.4 Å². The molecule has 1 heterocycles. The minimum atomic E-state index is -0.983.